The maximum Gasteiger partial charge on any atom is 0.256 e. The predicted molar refractivity (Wildman–Crippen MR) is 90.9 cm³/mol. The van der Waals surface area contributed by atoms with E-state index in [1.807, 2.05) is 0 Å². The normalized spacial score (nSPS) is 10.5. The van der Waals surface area contributed by atoms with Crippen molar-refractivity contribution in [2.24, 2.45) is 0 Å². The smallest absolute Gasteiger partial charge is 0.256 e. The van der Waals surface area contributed by atoms with Gasteiger partial charge in [-0.15, -0.1) is 0 Å². The van der Waals surface area contributed by atoms with E-state index in [0.717, 1.165) is 11.1 Å². The maximum absolute atomic E-state index is 12.9. The second-order valence-electron chi connectivity index (χ2n) is 5.43. The van der Waals surface area contributed by atoms with E-state index in [9.17, 15) is 9.18 Å². The molecule has 25 heavy (non-hydrogen) atoms. The molecule has 0 radical (unpaired) electrons. The lowest BCUT2D eigenvalue weighted by atomic mass is 10.1. The Morgan fingerprint density at radius 3 is 2.56 bits per heavy atom. The molecule has 0 aliphatic heterocycles. The van der Waals surface area contributed by atoms with E-state index in [2.05, 4.69) is 10.5 Å². The first-order valence-electron chi connectivity index (χ1n) is 7.79. The molecule has 3 rings (SSSR count). The van der Waals surface area contributed by atoms with E-state index in [0.29, 0.717) is 30.0 Å². The molecule has 6 heteroatoms. The van der Waals surface area contributed by atoms with Crippen LogP contribution in [0.5, 0.6) is 5.75 Å². The second kappa shape index (κ2) is 7.61. The topological polar surface area (TPSA) is 64.4 Å². The van der Waals surface area contributed by atoms with Gasteiger partial charge in [-0.3, -0.25) is 4.79 Å². The van der Waals surface area contributed by atoms with Crippen molar-refractivity contribution in [2.45, 2.75) is 6.42 Å². The summed E-state index contributed by atoms with van der Waals surface area (Å²) < 4.78 is 23.2. The number of amides is 1. The number of hydrogen-bond donors (Lipinski definition) is 1. The van der Waals surface area contributed by atoms with E-state index in [1.165, 1.54) is 18.3 Å². The minimum absolute atomic E-state index is 0.269. The molecule has 1 N–H and O–H groups in total. The van der Waals surface area contributed by atoms with Gasteiger partial charge in [-0.05, 0) is 48.4 Å². The molecule has 2 aromatic carbocycles. The summed E-state index contributed by atoms with van der Waals surface area (Å²) in [5, 5.41) is 6.55. The molecule has 0 saturated heterocycles. The first-order valence-corrected chi connectivity index (χ1v) is 7.79. The van der Waals surface area contributed by atoms with Crippen LogP contribution in [0.15, 0.2) is 59.3 Å². The van der Waals surface area contributed by atoms with Crippen LogP contribution in [0.4, 0.5) is 4.39 Å². The Morgan fingerprint density at radius 2 is 1.88 bits per heavy atom. The lowest BCUT2D eigenvalue weighted by Crippen LogP contribution is -2.25. The predicted octanol–water partition coefficient (Wildman–Crippen LogP) is 3.46. The average molecular weight is 340 g/mol. The summed E-state index contributed by atoms with van der Waals surface area (Å²) in [6.07, 6.45) is 2.00. The lowest BCUT2D eigenvalue weighted by Gasteiger charge is -2.06. The van der Waals surface area contributed by atoms with Gasteiger partial charge in [0.15, 0.2) is 5.76 Å². The molecule has 0 aliphatic carbocycles. The first kappa shape index (κ1) is 16.7. The highest BCUT2D eigenvalue weighted by Gasteiger charge is 2.17. The summed E-state index contributed by atoms with van der Waals surface area (Å²) in [4.78, 5) is 12.4. The number of rotatable bonds is 6. The molecule has 1 aromatic heterocycles. The fourth-order valence-corrected chi connectivity index (χ4v) is 2.42. The van der Waals surface area contributed by atoms with Gasteiger partial charge >= 0.3 is 0 Å². The number of benzene rings is 2. The molecule has 0 atom stereocenters. The van der Waals surface area contributed by atoms with Crippen LogP contribution in [0.2, 0.25) is 0 Å². The van der Waals surface area contributed by atoms with Crippen molar-refractivity contribution in [3.05, 3.63) is 71.7 Å². The van der Waals surface area contributed by atoms with Crippen LogP contribution < -0.4 is 10.1 Å². The number of hydrogen-bond acceptors (Lipinski definition) is 4. The Bertz CT molecular complexity index is 842. The van der Waals surface area contributed by atoms with Crippen molar-refractivity contribution in [2.75, 3.05) is 13.7 Å². The third-order valence-electron chi connectivity index (χ3n) is 3.78. The van der Waals surface area contributed by atoms with E-state index < -0.39 is 0 Å². The van der Waals surface area contributed by atoms with Gasteiger partial charge < -0.3 is 14.6 Å². The fourth-order valence-electron chi connectivity index (χ4n) is 2.42. The molecular formula is C19H17FN2O3. The lowest BCUT2D eigenvalue weighted by molar-refractivity contribution is 0.0954. The van der Waals surface area contributed by atoms with Gasteiger partial charge in [0.2, 0.25) is 0 Å². The molecule has 0 unspecified atom stereocenters. The molecule has 1 amide bonds. The molecule has 0 fully saturated rings. The zero-order valence-electron chi connectivity index (χ0n) is 13.7. The SMILES string of the molecule is COc1ccc(-c2oncc2C(=O)NCCc2ccc(F)cc2)cc1. The minimum Gasteiger partial charge on any atom is -0.497 e. The Hall–Kier alpha value is -3.15. The van der Waals surface area contributed by atoms with Crippen LogP contribution in [0.25, 0.3) is 11.3 Å². The highest BCUT2D eigenvalue weighted by atomic mass is 19.1. The highest BCUT2D eigenvalue weighted by Crippen LogP contribution is 2.25. The van der Waals surface area contributed by atoms with Gasteiger partial charge in [0.05, 0.1) is 13.3 Å². The number of carbonyl (C=O) groups excluding carboxylic acids is 1. The summed E-state index contributed by atoms with van der Waals surface area (Å²) in [5.74, 6) is 0.575. The molecule has 3 aromatic rings. The Balaban J connectivity index is 1.64. The summed E-state index contributed by atoms with van der Waals surface area (Å²) in [6, 6.07) is 13.4. The third kappa shape index (κ3) is 4.03. The number of carbonyl (C=O) groups is 1. The van der Waals surface area contributed by atoms with Crippen molar-refractivity contribution in [1.82, 2.24) is 10.5 Å². The number of nitrogens with one attached hydrogen (secondary N) is 1. The van der Waals surface area contributed by atoms with Gasteiger partial charge in [-0.25, -0.2) is 4.39 Å². The molecule has 5 nitrogen and oxygen atoms in total. The minimum atomic E-state index is -0.276. The first-order chi connectivity index (χ1) is 12.2. The zero-order valence-corrected chi connectivity index (χ0v) is 13.7. The van der Waals surface area contributed by atoms with Crippen molar-refractivity contribution >= 4 is 5.91 Å². The van der Waals surface area contributed by atoms with Gasteiger partial charge in [0.25, 0.3) is 5.91 Å². The fraction of sp³-hybridized carbons (Fsp3) is 0.158. The maximum atomic E-state index is 12.9. The summed E-state index contributed by atoms with van der Waals surface area (Å²) >= 11 is 0. The van der Waals surface area contributed by atoms with Gasteiger partial charge in [0.1, 0.15) is 17.1 Å². The summed E-state index contributed by atoms with van der Waals surface area (Å²) in [5.41, 5.74) is 2.05. The van der Waals surface area contributed by atoms with Gasteiger partial charge in [0, 0.05) is 12.1 Å². The second-order valence-corrected chi connectivity index (χ2v) is 5.43. The number of methoxy groups -OCH3 is 1. The van der Waals surface area contributed by atoms with Crippen LogP contribution in [0.1, 0.15) is 15.9 Å². The molecule has 0 bridgehead atoms. The quantitative estimate of drug-likeness (QED) is 0.746. The Kier molecular flexibility index (Phi) is 5.09. The van der Waals surface area contributed by atoms with Crippen molar-refractivity contribution in [1.29, 1.82) is 0 Å². The van der Waals surface area contributed by atoms with Crippen LogP contribution in [-0.4, -0.2) is 24.7 Å². The zero-order chi connectivity index (χ0) is 17.6. The largest absolute Gasteiger partial charge is 0.497 e. The number of halogens is 1. The highest BCUT2D eigenvalue weighted by molar-refractivity contribution is 5.99. The van der Waals surface area contributed by atoms with Crippen LogP contribution in [0.3, 0.4) is 0 Å². The third-order valence-corrected chi connectivity index (χ3v) is 3.78. The van der Waals surface area contributed by atoms with Crippen LogP contribution in [-0.2, 0) is 6.42 Å². The monoisotopic (exact) mass is 340 g/mol. The van der Waals surface area contributed by atoms with Crippen LogP contribution >= 0.6 is 0 Å². The van der Waals surface area contributed by atoms with E-state index in [4.69, 9.17) is 9.26 Å². The summed E-state index contributed by atoms with van der Waals surface area (Å²) in [7, 11) is 1.59. The van der Waals surface area contributed by atoms with E-state index in [-0.39, 0.29) is 11.7 Å². The molecule has 1 heterocycles. The van der Waals surface area contributed by atoms with E-state index >= 15 is 0 Å². The van der Waals surface area contributed by atoms with Crippen molar-refractivity contribution in [3.63, 3.8) is 0 Å². The molecule has 0 spiro atoms. The van der Waals surface area contributed by atoms with Crippen molar-refractivity contribution in [3.8, 4) is 17.1 Å². The van der Waals surface area contributed by atoms with Gasteiger partial charge in [-0.2, -0.15) is 0 Å². The van der Waals surface area contributed by atoms with Crippen LogP contribution in [0, 0.1) is 5.82 Å². The standard InChI is InChI=1S/C19H17FN2O3/c1-24-16-8-4-14(5-9-16)18-17(12-22-25-18)19(23)21-11-10-13-2-6-15(20)7-3-13/h2-9,12H,10-11H2,1H3,(H,21,23). The summed E-state index contributed by atoms with van der Waals surface area (Å²) in [6.45, 7) is 0.428. The molecule has 0 aliphatic rings. The molecule has 0 saturated carbocycles. The van der Waals surface area contributed by atoms with Gasteiger partial charge in [-0.1, -0.05) is 17.3 Å². The van der Waals surface area contributed by atoms with E-state index in [1.54, 1.807) is 43.5 Å². The number of aromatic nitrogens is 1. The Labute approximate surface area is 144 Å². The Morgan fingerprint density at radius 1 is 1.16 bits per heavy atom. The number of ether oxygens (including phenoxy) is 1. The number of nitrogens with zero attached hydrogens (tertiary/aromatic N) is 1. The van der Waals surface area contributed by atoms with Crippen molar-refractivity contribution < 1.29 is 18.4 Å². The molecule has 128 valence electrons. The average Bonchev–Trinajstić information content (AvgIpc) is 3.13. The molecular weight excluding hydrogens is 323 g/mol.